The van der Waals surface area contributed by atoms with Crippen LogP contribution in [0.2, 0.25) is 0 Å². The van der Waals surface area contributed by atoms with Crippen LogP contribution in [0.4, 0.5) is 5.82 Å². The summed E-state index contributed by atoms with van der Waals surface area (Å²) < 4.78 is 0. The summed E-state index contributed by atoms with van der Waals surface area (Å²) >= 11 is 0. The van der Waals surface area contributed by atoms with Gasteiger partial charge in [0, 0.05) is 37.3 Å². The molecule has 2 fully saturated rings. The van der Waals surface area contributed by atoms with Crippen molar-refractivity contribution in [1.29, 1.82) is 0 Å². The van der Waals surface area contributed by atoms with Crippen molar-refractivity contribution < 1.29 is 9.90 Å². The smallest absolute Gasteiger partial charge is 0.335 e. The van der Waals surface area contributed by atoms with E-state index in [0.717, 1.165) is 56.9 Å². The van der Waals surface area contributed by atoms with Gasteiger partial charge >= 0.3 is 5.97 Å². The lowest BCUT2D eigenvalue weighted by Gasteiger charge is -2.32. The van der Waals surface area contributed by atoms with Crippen molar-refractivity contribution in [3.05, 3.63) is 53.5 Å². The molecule has 2 aliphatic rings. The largest absolute Gasteiger partial charge is 0.478 e. The number of aromatic carboxylic acids is 1. The van der Waals surface area contributed by atoms with Gasteiger partial charge in [-0.3, -0.25) is 4.90 Å². The summed E-state index contributed by atoms with van der Waals surface area (Å²) in [6.07, 6.45) is 6.43. The quantitative estimate of drug-likeness (QED) is 0.877. The highest BCUT2D eigenvalue weighted by atomic mass is 16.4. The SMILES string of the molecule is O=C(O)c1ccc(CN2CCC(c3cc(N4CCCC4)ncn3)CC2)cc1. The maximum absolute atomic E-state index is 11.0. The van der Waals surface area contributed by atoms with Crippen molar-refractivity contribution in [2.24, 2.45) is 0 Å². The van der Waals surface area contributed by atoms with Crippen LogP contribution in [0.5, 0.6) is 0 Å². The molecule has 2 aromatic rings. The first-order valence-electron chi connectivity index (χ1n) is 9.80. The van der Waals surface area contributed by atoms with E-state index in [2.05, 4.69) is 25.8 Å². The van der Waals surface area contributed by atoms with E-state index in [9.17, 15) is 4.79 Å². The van der Waals surface area contributed by atoms with Crippen LogP contribution < -0.4 is 4.90 Å². The molecule has 4 rings (SSSR count). The topological polar surface area (TPSA) is 69.6 Å². The molecule has 27 heavy (non-hydrogen) atoms. The molecular weight excluding hydrogens is 340 g/mol. The molecule has 1 N–H and O–H groups in total. The number of hydrogen-bond acceptors (Lipinski definition) is 5. The standard InChI is InChI=1S/C21H26N4O2/c26-21(27)18-5-3-16(4-6-18)14-24-11-7-17(8-12-24)19-13-20(23-15-22-19)25-9-1-2-10-25/h3-6,13,15,17H,1-2,7-12,14H2,(H,26,27). The van der Waals surface area contributed by atoms with Crippen molar-refractivity contribution in [3.63, 3.8) is 0 Å². The van der Waals surface area contributed by atoms with Crippen molar-refractivity contribution in [2.45, 2.75) is 38.1 Å². The molecule has 0 atom stereocenters. The predicted molar refractivity (Wildman–Crippen MR) is 104 cm³/mol. The number of piperidine rings is 1. The molecule has 0 amide bonds. The lowest BCUT2D eigenvalue weighted by Crippen LogP contribution is -2.32. The molecule has 0 bridgehead atoms. The van der Waals surface area contributed by atoms with Gasteiger partial charge < -0.3 is 10.0 Å². The number of aromatic nitrogens is 2. The van der Waals surface area contributed by atoms with Crippen molar-refractivity contribution in [2.75, 3.05) is 31.1 Å². The zero-order valence-corrected chi connectivity index (χ0v) is 15.5. The van der Waals surface area contributed by atoms with Gasteiger partial charge in [0.15, 0.2) is 0 Å². The lowest BCUT2D eigenvalue weighted by atomic mass is 9.93. The van der Waals surface area contributed by atoms with Crippen LogP contribution in [0.1, 0.15) is 53.2 Å². The lowest BCUT2D eigenvalue weighted by molar-refractivity contribution is 0.0697. The Balaban J connectivity index is 1.33. The van der Waals surface area contributed by atoms with Gasteiger partial charge in [-0.05, 0) is 56.5 Å². The molecule has 6 nitrogen and oxygen atoms in total. The Hall–Kier alpha value is -2.47. The fourth-order valence-electron chi connectivity index (χ4n) is 4.10. The molecule has 2 saturated heterocycles. The molecule has 0 radical (unpaired) electrons. The normalized spacial score (nSPS) is 18.7. The number of carboxylic acid groups (broad SMARTS) is 1. The third-order valence-corrected chi connectivity index (χ3v) is 5.72. The first-order chi connectivity index (χ1) is 13.2. The van der Waals surface area contributed by atoms with Crippen LogP contribution in [-0.4, -0.2) is 52.1 Å². The van der Waals surface area contributed by atoms with Gasteiger partial charge in [-0.1, -0.05) is 12.1 Å². The Kier molecular flexibility index (Phi) is 5.34. The number of hydrogen-bond donors (Lipinski definition) is 1. The van der Waals surface area contributed by atoms with E-state index in [0.29, 0.717) is 11.5 Å². The molecular formula is C21H26N4O2. The van der Waals surface area contributed by atoms with Gasteiger partial charge in [-0.15, -0.1) is 0 Å². The molecule has 1 aromatic carbocycles. The Bertz CT molecular complexity index is 779. The summed E-state index contributed by atoms with van der Waals surface area (Å²) in [5, 5.41) is 9.00. The van der Waals surface area contributed by atoms with Crippen LogP contribution in [0.25, 0.3) is 0 Å². The Morgan fingerprint density at radius 3 is 2.41 bits per heavy atom. The number of nitrogens with zero attached hydrogens (tertiary/aromatic N) is 4. The number of carboxylic acids is 1. The van der Waals surface area contributed by atoms with E-state index >= 15 is 0 Å². The highest BCUT2D eigenvalue weighted by molar-refractivity contribution is 5.87. The van der Waals surface area contributed by atoms with Gasteiger partial charge in [0.1, 0.15) is 12.1 Å². The van der Waals surface area contributed by atoms with Crippen LogP contribution in [-0.2, 0) is 6.54 Å². The molecule has 0 unspecified atom stereocenters. The van der Waals surface area contributed by atoms with Crippen molar-refractivity contribution in [3.8, 4) is 0 Å². The maximum Gasteiger partial charge on any atom is 0.335 e. The van der Waals surface area contributed by atoms with Crippen molar-refractivity contribution in [1.82, 2.24) is 14.9 Å². The van der Waals surface area contributed by atoms with E-state index in [-0.39, 0.29) is 0 Å². The summed E-state index contributed by atoms with van der Waals surface area (Å²) in [6, 6.07) is 9.40. The monoisotopic (exact) mass is 366 g/mol. The highest BCUT2D eigenvalue weighted by Crippen LogP contribution is 2.29. The van der Waals surface area contributed by atoms with Crippen LogP contribution in [0.15, 0.2) is 36.7 Å². The summed E-state index contributed by atoms with van der Waals surface area (Å²) in [6.45, 7) is 5.16. The maximum atomic E-state index is 11.0. The number of anilines is 1. The van der Waals surface area contributed by atoms with Crippen LogP contribution in [0.3, 0.4) is 0 Å². The van der Waals surface area contributed by atoms with E-state index in [1.165, 1.54) is 18.5 Å². The van der Waals surface area contributed by atoms with Crippen LogP contribution in [0, 0.1) is 0 Å². The second-order valence-electron chi connectivity index (χ2n) is 7.55. The highest BCUT2D eigenvalue weighted by Gasteiger charge is 2.23. The number of likely N-dealkylation sites (tertiary alicyclic amines) is 1. The molecule has 0 aliphatic carbocycles. The molecule has 1 aromatic heterocycles. The second-order valence-corrected chi connectivity index (χ2v) is 7.55. The van der Waals surface area contributed by atoms with Gasteiger partial charge in [0.25, 0.3) is 0 Å². The molecule has 3 heterocycles. The van der Waals surface area contributed by atoms with E-state index in [4.69, 9.17) is 5.11 Å². The minimum absolute atomic E-state index is 0.343. The molecule has 0 saturated carbocycles. The number of carbonyl (C=O) groups is 1. The van der Waals surface area contributed by atoms with E-state index in [1.807, 2.05) is 12.1 Å². The first kappa shape index (κ1) is 17.9. The molecule has 2 aliphatic heterocycles. The number of rotatable bonds is 5. The Morgan fingerprint density at radius 1 is 1.04 bits per heavy atom. The third kappa shape index (κ3) is 4.27. The Morgan fingerprint density at radius 2 is 1.74 bits per heavy atom. The molecule has 6 heteroatoms. The second kappa shape index (κ2) is 8.05. The molecule has 0 spiro atoms. The average Bonchev–Trinajstić information content (AvgIpc) is 3.24. The zero-order valence-electron chi connectivity index (χ0n) is 15.5. The van der Waals surface area contributed by atoms with Gasteiger partial charge in [0.2, 0.25) is 0 Å². The predicted octanol–water partition coefficient (Wildman–Crippen LogP) is 3.15. The summed E-state index contributed by atoms with van der Waals surface area (Å²) in [4.78, 5) is 24.8. The minimum Gasteiger partial charge on any atom is -0.478 e. The minimum atomic E-state index is -0.875. The number of benzene rings is 1. The average molecular weight is 366 g/mol. The van der Waals surface area contributed by atoms with Gasteiger partial charge in [0.05, 0.1) is 5.56 Å². The zero-order chi connectivity index (χ0) is 18.6. The van der Waals surface area contributed by atoms with Crippen LogP contribution >= 0.6 is 0 Å². The summed E-state index contributed by atoms with van der Waals surface area (Å²) in [5.74, 6) is 0.707. The van der Waals surface area contributed by atoms with E-state index in [1.54, 1.807) is 18.5 Å². The fourth-order valence-corrected chi connectivity index (χ4v) is 4.10. The third-order valence-electron chi connectivity index (χ3n) is 5.72. The summed E-state index contributed by atoms with van der Waals surface area (Å²) in [7, 11) is 0. The van der Waals surface area contributed by atoms with Gasteiger partial charge in [-0.2, -0.15) is 0 Å². The van der Waals surface area contributed by atoms with E-state index < -0.39 is 5.97 Å². The Labute approximate surface area is 159 Å². The fraction of sp³-hybridized carbons (Fsp3) is 0.476. The molecule has 142 valence electrons. The van der Waals surface area contributed by atoms with Gasteiger partial charge in [-0.25, -0.2) is 14.8 Å². The van der Waals surface area contributed by atoms with Crippen molar-refractivity contribution >= 4 is 11.8 Å². The first-order valence-corrected chi connectivity index (χ1v) is 9.80. The summed E-state index contributed by atoms with van der Waals surface area (Å²) in [5.41, 5.74) is 2.68.